The summed E-state index contributed by atoms with van der Waals surface area (Å²) in [6, 6.07) is 0. The summed E-state index contributed by atoms with van der Waals surface area (Å²) in [6.07, 6.45) is 13.8. The van der Waals surface area contributed by atoms with Crippen molar-refractivity contribution in [2.24, 2.45) is 11.8 Å². The Morgan fingerprint density at radius 2 is 1.97 bits per heavy atom. The summed E-state index contributed by atoms with van der Waals surface area (Å²) in [4.78, 5) is 24.3. The van der Waals surface area contributed by atoms with Crippen LogP contribution in [-0.2, 0) is 9.59 Å². The van der Waals surface area contributed by atoms with Crippen molar-refractivity contribution in [3.8, 4) is 0 Å². The quantitative estimate of drug-likeness (QED) is 0.210. The summed E-state index contributed by atoms with van der Waals surface area (Å²) in [7, 11) is 0. The molecule has 1 unspecified atom stereocenters. The predicted molar refractivity (Wildman–Crippen MR) is 122 cm³/mol. The molecule has 29 heavy (non-hydrogen) atoms. The second-order valence-electron chi connectivity index (χ2n) is 8.24. The summed E-state index contributed by atoms with van der Waals surface area (Å²) in [6.45, 7) is 5.84. The largest absolute Gasteiger partial charge is 0.393 e. The van der Waals surface area contributed by atoms with Crippen molar-refractivity contribution < 1.29 is 19.8 Å². The van der Waals surface area contributed by atoms with E-state index < -0.39 is 6.10 Å². The number of aliphatic hydroxyl groups excluding tert-OH is 2. The van der Waals surface area contributed by atoms with E-state index in [1.165, 1.54) is 11.8 Å². The molecule has 0 amide bonds. The number of Topliss-reactive ketones (excluding diaryl/α,β-unsaturated/α-hetero) is 2. The number of carbonyl (C=O) groups is 2. The smallest absolute Gasteiger partial charge is 0.172 e. The van der Waals surface area contributed by atoms with E-state index in [1.807, 2.05) is 12.3 Å². The molecule has 4 atom stereocenters. The minimum absolute atomic E-state index is 0.0308. The molecule has 1 aliphatic rings. The van der Waals surface area contributed by atoms with Crippen LogP contribution in [-0.4, -0.2) is 46.0 Å². The first-order valence-electron chi connectivity index (χ1n) is 11.2. The summed E-state index contributed by atoms with van der Waals surface area (Å²) < 4.78 is 0. The van der Waals surface area contributed by atoms with Gasteiger partial charge in [-0.05, 0) is 50.7 Å². The number of allylic oxidation sites excluding steroid dienone is 3. The van der Waals surface area contributed by atoms with Gasteiger partial charge in [-0.25, -0.2) is 0 Å². The molecule has 166 valence electrons. The molecule has 5 heteroatoms. The number of unbranched alkanes of at least 4 members (excludes halogenated alkanes) is 3. The number of rotatable bonds is 16. The molecule has 1 aliphatic carbocycles. The van der Waals surface area contributed by atoms with Gasteiger partial charge in [0.15, 0.2) is 5.78 Å². The Hall–Kier alpha value is -0.910. The lowest BCUT2D eigenvalue weighted by Crippen LogP contribution is -2.21. The van der Waals surface area contributed by atoms with E-state index in [-0.39, 0.29) is 35.9 Å². The highest BCUT2D eigenvalue weighted by Crippen LogP contribution is 2.36. The van der Waals surface area contributed by atoms with Crippen molar-refractivity contribution >= 4 is 23.3 Å². The van der Waals surface area contributed by atoms with Gasteiger partial charge in [-0.2, -0.15) is 11.8 Å². The Labute approximate surface area is 181 Å². The van der Waals surface area contributed by atoms with Crippen molar-refractivity contribution in [1.82, 2.24) is 0 Å². The average molecular weight is 425 g/mol. The fraction of sp³-hybridized carbons (Fsp3) is 0.750. The molecule has 0 heterocycles. The molecule has 0 aromatic heterocycles. The summed E-state index contributed by atoms with van der Waals surface area (Å²) in [5, 5.41) is 20.3. The highest BCUT2D eigenvalue weighted by Gasteiger charge is 2.40. The van der Waals surface area contributed by atoms with Gasteiger partial charge < -0.3 is 10.2 Å². The number of hydrogen-bond donors (Lipinski definition) is 2. The molecule has 4 nitrogen and oxygen atoms in total. The fourth-order valence-electron chi connectivity index (χ4n) is 4.25. The second-order valence-corrected chi connectivity index (χ2v) is 9.11. The second kappa shape index (κ2) is 15.0. The van der Waals surface area contributed by atoms with Crippen LogP contribution in [0.25, 0.3) is 0 Å². The van der Waals surface area contributed by atoms with E-state index in [1.54, 1.807) is 6.08 Å². The van der Waals surface area contributed by atoms with Crippen LogP contribution in [0.15, 0.2) is 24.3 Å². The van der Waals surface area contributed by atoms with Gasteiger partial charge in [0.05, 0.1) is 18.0 Å². The molecule has 0 aromatic carbocycles. The van der Waals surface area contributed by atoms with Crippen molar-refractivity contribution in [1.29, 1.82) is 0 Å². The number of ketones is 2. The van der Waals surface area contributed by atoms with Gasteiger partial charge in [-0.3, -0.25) is 9.59 Å². The Morgan fingerprint density at radius 3 is 2.62 bits per heavy atom. The first kappa shape index (κ1) is 26.1. The topological polar surface area (TPSA) is 74.6 Å². The first-order valence-corrected chi connectivity index (χ1v) is 12.6. The maximum Gasteiger partial charge on any atom is 0.172 e. The Morgan fingerprint density at radius 1 is 1.24 bits per heavy atom. The molecule has 0 spiro atoms. The normalized spacial score (nSPS) is 23.4. The monoisotopic (exact) mass is 424 g/mol. The van der Waals surface area contributed by atoms with Crippen molar-refractivity contribution in [2.45, 2.75) is 89.8 Å². The van der Waals surface area contributed by atoms with Gasteiger partial charge in [-0.15, -0.1) is 0 Å². The van der Waals surface area contributed by atoms with Crippen LogP contribution in [0.2, 0.25) is 0 Å². The molecule has 0 radical (unpaired) electrons. The summed E-state index contributed by atoms with van der Waals surface area (Å²) in [5.41, 5.74) is 0.686. The van der Waals surface area contributed by atoms with Gasteiger partial charge in [0.1, 0.15) is 5.78 Å². The molecular weight excluding hydrogens is 384 g/mol. The van der Waals surface area contributed by atoms with Crippen molar-refractivity contribution in [3.05, 3.63) is 24.3 Å². The van der Waals surface area contributed by atoms with Crippen molar-refractivity contribution in [2.75, 3.05) is 12.0 Å². The predicted octanol–water partition coefficient (Wildman–Crippen LogP) is 4.88. The standard InChI is InChI=1S/C24H40O4S/c1-4-6-12-19(25)13-10-15-21-20(22(26)16-23(21)27)14-9-7-8-11-18(5-2)24(28)17-29-3/h5,11,19-21,23,25,27H,2,4,6-10,12-17H2,1,3H3/t19?,20-,21-,23-/m1/s1. The van der Waals surface area contributed by atoms with Crippen LogP contribution in [0, 0.1) is 11.8 Å². The molecule has 0 bridgehead atoms. The Bertz CT molecular complexity index is 543. The van der Waals surface area contributed by atoms with Crippen LogP contribution in [0.3, 0.4) is 0 Å². The van der Waals surface area contributed by atoms with Crippen molar-refractivity contribution in [3.63, 3.8) is 0 Å². The molecule has 1 rings (SSSR count). The lowest BCUT2D eigenvalue weighted by Gasteiger charge is -2.21. The lowest BCUT2D eigenvalue weighted by atomic mass is 9.85. The molecule has 0 aromatic rings. The molecule has 0 aliphatic heterocycles. The number of hydrogen-bond acceptors (Lipinski definition) is 5. The van der Waals surface area contributed by atoms with E-state index >= 15 is 0 Å². The SMILES string of the molecule is C=CC(=CCCCC[C@H]1C(=O)C[C@@H](O)[C@@H]1CCCC(O)CCCC)C(=O)CSC. The highest BCUT2D eigenvalue weighted by molar-refractivity contribution is 7.99. The number of thioether (sulfide) groups is 1. The van der Waals surface area contributed by atoms with E-state index in [4.69, 9.17) is 0 Å². The zero-order chi connectivity index (χ0) is 21.6. The van der Waals surface area contributed by atoms with Gasteiger partial charge in [0.25, 0.3) is 0 Å². The van der Waals surface area contributed by atoms with Crippen LogP contribution in [0.5, 0.6) is 0 Å². The Kier molecular flexibility index (Phi) is 13.5. The third kappa shape index (κ3) is 9.63. The van der Waals surface area contributed by atoms with Gasteiger partial charge in [0.2, 0.25) is 0 Å². The third-order valence-corrected chi connectivity index (χ3v) is 6.50. The molecule has 2 N–H and O–H groups in total. The Balaban J connectivity index is 2.41. The third-order valence-electron chi connectivity index (χ3n) is 5.95. The highest BCUT2D eigenvalue weighted by atomic mass is 32.2. The molecular formula is C24H40O4S. The van der Waals surface area contributed by atoms with Crippen LogP contribution in [0.1, 0.15) is 77.6 Å². The number of aliphatic hydroxyl groups is 2. The van der Waals surface area contributed by atoms with Gasteiger partial charge in [0, 0.05) is 17.9 Å². The molecule has 1 fully saturated rings. The maximum atomic E-state index is 12.3. The van der Waals surface area contributed by atoms with Gasteiger partial charge >= 0.3 is 0 Å². The minimum Gasteiger partial charge on any atom is -0.393 e. The zero-order valence-electron chi connectivity index (χ0n) is 18.3. The first-order chi connectivity index (χ1) is 13.9. The van der Waals surface area contributed by atoms with E-state index in [2.05, 4.69) is 13.5 Å². The zero-order valence-corrected chi connectivity index (χ0v) is 19.1. The van der Waals surface area contributed by atoms with Crippen LogP contribution < -0.4 is 0 Å². The van der Waals surface area contributed by atoms with Crippen LogP contribution in [0.4, 0.5) is 0 Å². The molecule has 1 saturated carbocycles. The van der Waals surface area contributed by atoms with E-state index in [0.717, 1.165) is 64.2 Å². The summed E-state index contributed by atoms with van der Waals surface area (Å²) in [5.74, 6) is 0.748. The average Bonchev–Trinajstić information content (AvgIpc) is 2.96. The van der Waals surface area contributed by atoms with E-state index in [0.29, 0.717) is 11.3 Å². The van der Waals surface area contributed by atoms with E-state index in [9.17, 15) is 19.8 Å². The maximum absolute atomic E-state index is 12.3. The molecule has 0 saturated heterocycles. The number of carbonyl (C=O) groups excluding carboxylic acids is 2. The fourth-order valence-corrected chi connectivity index (χ4v) is 4.68. The van der Waals surface area contributed by atoms with Crippen LogP contribution >= 0.6 is 11.8 Å². The lowest BCUT2D eigenvalue weighted by molar-refractivity contribution is -0.121. The minimum atomic E-state index is -0.531. The summed E-state index contributed by atoms with van der Waals surface area (Å²) >= 11 is 1.51. The van der Waals surface area contributed by atoms with Gasteiger partial charge in [-0.1, -0.05) is 51.3 Å².